The fourth-order valence-electron chi connectivity index (χ4n) is 3.71. The number of pyridine rings is 1. The second-order valence-electron chi connectivity index (χ2n) is 7.01. The van der Waals surface area contributed by atoms with Crippen molar-refractivity contribution < 1.29 is 19.0 Å². The molecule has 0 aliphatic carbocycles. The summed E-state index contributed by atoms with van der Waals surface area (Å²) in [5.41, 5.74) is 1.52. The van der Waals surface area contributed by atoms with Gasteiger partial charge in [-0.05, 0) is 23.1 Å². The summed E-state index contributed by atoms with van der Waals surface area (Å²) >= 11 is 0. The van der Waals surface area contributed by atoms with Gasteiger partial charge < -0.3 is 24.4 Å². The normalized spacial score (nSPS) is 15.5. The highest BCUT2D eigenvalue weighted by molar-refractivity contribution is 6.09. The van der Waals surface area contributed by atoms with E-state index < -0.39 is 0 Å². The van der Waals surface area contributed by atoms with Crippen LogP contribution in [-0.2, 0) is 11.3 Å². The molecule has 3 heterocycles. The molecular weight excluding hydrogens is 370 g/mol. The van der Waals surface area contributed by atoms with E-state index in [9.17, 15) is 4.79 Å². The van der Waals surface area contributed by atoms with Crippen LogP contribution in [-0.4, -0.2) is 44.0 Å². The molecule has 0 radical (unpaired) electrons. The number of rotatable bonds is 4. The number of fused-ring (bicyclic) bond motifs is 2. The van der Waals surface area contributed by atoms with Gasteiger partial charge >= 0.3 is 0 Å². The number of anilines is 1. The average molecular weight is 391 g/mol. The van der Waals surface area contributed by atoms with Gasteiger partial charge in [-0.25, -0.2) is 4.98 Å². The Bertz CT molecular complexity index is 1060. The van der Waals surface area contributed by atoms with Crippen molar-refractivity contribution in [1.29, 1.82) is 0 Å². The highest BCUT2D eigenvalue weighted by Gasteiger charge is 2.19. The van der Waals surface area contributed by atoms with Crippen molar-refractivity contribution in [3.63, 3.8) is 0 Å². The van der Waals surface area contributed by atoms with Crippen LogP contribution >= 0.6 is 0 Å². The number of benzene rings is 2. The summed E-state index contributed by atoms with van der Waals surface area (Å²) < 4.78 is 16.2. The van der Waals surface area contributed by atoms with Crippen LogP contribution in [0.4, 0.5) is 5.82 Å². The van der Waals surface area contributed by atoms with E-state index in [-0.39, 0.29) is 12.7 Å². The highest BCUT2D eigenvalue weighted by Crippen LogP contribution is 2.32. The fourth-order valence-corrected chi connectivity index (χ4v) is 3.71. The van der Waals surface area contributed by atoms with E-state index >= 15 is 0 Å². The monoisotopic (exact) mass is 391 g/mol. The first kappa shape index (κ1) is 17.8. The minimum Gasteiger partial charge on any atom is -0.454 e. The zero-order valence-corrected chi connectivity index (χ0v) is 15.9. The average Bonchev–Trinajstić information content (AvgIpc) is 3.25. The second-order valence-corrected chi connectivity index (χ2v) is 7.01. The lowest BCUT2D eigenvalue weighted by molar-refractivity contribution is 0.0952. The van der Waals surface area contributed by atoms with Crippen molar-refractivity contribution in [2.24, 2.45) is 0 Å². The first-order chi connectivity index (χ1) is 14.3. The predicted octanol–water partition coefficient (Wildman–Crippen LogP) is 2.73. The van der Waals surface area contributed by atoms with Crippen LogP contribution in [0.5, 0.6) is 11.5 Å². The Hall–Kier alpha value is -3.32. The Morgan fingerprint density at radius 2 is 1.83 bits per heavy atom. The number of hydrogen-bond donors (Lipinski definition) is 1. The molecule has 2 aliphatic rings. The number of amides is 1. The molecule has 1 aromatic heterocycles. The largest absolute Gasteiger partial charge is 0.454 e. The number of morpholine rings is 1. The summed E-state index contributed by atoms with van der Waals surface area (Å²) in [6, 6.07) is 13.6. The number of hydrogen-bond acceptors (Lipinski definition) is 6. The minimum atomic E-state index is -0.153. The molecule has 0 saturated carbocycles. The van der Waals surface area contributed by atoms with Gasteiger partial charge in [0.15, 0.2) is 11.5 Å². The van der Waals surface area contributed by atoms with Crippen LogP contribution in [0.25, 0.3) is 10.8 Å². The summed E-state index contributed by atoms with van der Waals surface area (Å²) in [5.74, 6) is 2.18. The zero-order chi connectivity index (χ0) is 19.6. The van der Waals surface area contributed by atoms with Crippen molar-refractivity contribution in [3.05, 3.63) is 59.8 Å². The van der Waals surface area contributed by atoms with E-state index in [0.29, 0.717) is 31.1 Å². The Balaban J connectivity index is 1.39. The van der Waals surface area contributed by atoms with E-state index in [1.54, 1.807) is 6.20 Å². The molecule has 1 saturated heterocycles. The van der Waals surface area contributed by atoms with Crippen molar-refractivity contribution in [2.45, 2.75) is 6.54 Å². The molecule has 0 atom stereocenters. The molecule has 2 aromatic carbocycles. The summed E-state index contributed by atoms with van der Waals surface area (Å²) in [5, 5.41) is 4.86. The Labute approximate surface area is 168 Å². The molecule has 7 nitrogen and oxygen atoms in total. The summed E-state index contributed by atoms with van der Waals surface area (Å²) in [4.78, 5) is 19.7. The number of carbonyl (C=O) groups is 1. The third kappa shape index (κ3) is 3.45. The zero-order valence-electron chi connectivity index (χ0n) is 15.9. The van der Waals surface area contributed by atoms with Crippen LogP contribution < -0.4 is 19.7 Å². The molecule has 5 rings (SSSR count). The molecule has 0 spiro atoms. The second kappa shape index (κ2) is 7.60. The van der Waals surface area contributed by atoms with E-state index in [0.717, 1.165) is 41.0 Å². The topological polar surface area (TPSA) is 72.9 Å². The van der Waals surface area contributed by atoms with Gasteiger partial charge in [0.05, 0.1) is 18.8 Å². The maximum absolute atomic E-state index is 12.9. The molecule has 2 aliphatic heterocycles. The lowest BCUT2D eigenvalue weighted by Gasteiger charge is -2.29. The number of aromatic nitrogens is 1. The Morgan fingerprint density at radius 1 is 1.03 bits per heavy atom. The molecule has 3 aromatic rings. The van der Waals surface area contributed by atoms with Crippen molar-refractivity contribution in [1.82, 2.24) is 10.3 Å². The quantitative estimate of drug-likeness (QED) is 0.737. The first-order valence-corrected chi connectivity index (χ1v) is 9.67. The van der Waals surface area contributed by atoms with Gasteiger partial charge in [-0.2, -0.15) is 0 Å². The van der Waals surface area contributed by atoms with Gasteiger partial charge in [0, 0.05) is 31.2 Å². The summed E-state index contributed by atoms with van der Waals surface area (Å²) in [7, 11) is 0. The van der Waals surface area contributed by atoms with Gasteiger partial charge in [-0.1, -0.05) is 30.3 Å². The molecule has 1 N–H and O–H groups in total. The summed E-state index contributed by atoms with van der Waals surface area (Å²) in [6.45, 7) is 3.61. The van der Waals surface area contributed by atoms with E-state index in [1.807, 2.05) is 42.5 Å². The van der Waals surface area contributed by atoms with Crippen LogP contribution in [0.2, 0.25) is 0 Å². The molecule has 1 amide bonds. The molecule has 7 heteroatoms. The van der Waals surface area contributed by atoms with Crippen molar-refractivity contribution in [2.75, 3.05) is 38.0 Å². The van der Waals surface area contributed by atoms with Gasteiger partial charge in [-0.15, -0.1) is 0 Å². The maximum atomic E-state index is 12.9. The van der Waals surface area contributed by atoms with Crippen LogP contribution in [0.15, 0.2) is 48.7 Å². The first-order valence-electron chi connectivity index (χ1n) is 9.67. The van der Waals surface area contributed by atoms with Gasteiger partial charge in [-0.3, -0.25) is 4.79 Å². The van der Waals surface area contributed by atoms with Gasteiger partial charge in [0.1, 0.15) is 5.82 Å². The smallest absolute Gasteiger partial charge is 0.253 e. The molecule has 0 bridgehead atoms. The van der Waals surface area contributed by atoms with E-state index in [1.165, 1.54) is 0 Å². The van der Waals surface area contributed by atoms with Gasteiger partial charge in [0.25, 0.3) is 5.91 Å². The fraction of sp³-hybridized carbons (Fsp3) is 0.273. The predicted molar refractivity (Wildman–Crippen MR) is 109 cm³/mol. The number of ether oxygens (including phenoxy) is 3. The highest BCUT2D eigenvalue weighted by atomic mass is 16.7. The van der Waals surface area contributed by atoms with Crippen LogP contribution in [0.1, 0.15) is 15.9 Å². The van der Waals surface area contributed by atoms with E-state index in [2.05, 4.69) is 15.2 Å². The van der Waals surface area contributed by atoms with Crippen molar-refractivity contribution >= 4 is 22.5 Å². The SMILES string of the molecule is O=C(NCc1ccc2c(c1)OCO2)c1cnc(N2CCOCC2)c2ccccc12. The molecule has 1 fully saturated rings. The molecule has 29 heavy (non-hydrogen) atoms. The third-order valence-electron chi connectivity index (χ3n) is 5.22. The molecular formula is C22H21N3O4. The van der Waals surface area contributed by atoms with Gasteiger partial charge in [0.2, 0.25) is 6.79 Å². The standard InChI is InChI=1S/C22H21N3O4/c26-22(24-12-15-5-6-19-20(11-15)29-14-28-19)18-13-23-21(25-7-9-27-10-8-25)17-4-2-1-3-16(17)18/h1-6,11,13H,7-10,12,14H2,(H,24,26). The number of nitrogens with one attached hydrogen (secondary N) is 1. The maximum Gasteiger partial charge on any atom is 0.253 e. The minimum absolute atomic E-state index is 0.153. The van der Waals surface area contributed by atoms with Crippen LogP contribution in [0, 0.1) is 0 Å². The summed E-state index contributed by atoms with van der Waals surface area (Å²) in [6.07, 6.45) is 1.67. The molecule has 148 valence electrons. The number of carbonyl (C=O) groups excluding carboxylic acids is 1. The Morgan fingerprint density at radius 3 is 2.69 bits per heavy atom. The number of nitrogens with zero attached hydrogens (tertiary/aromatic N) is 2. The van der Waals surface area contributed by atoms with E-state index in [4.69, 9.17) is 14.2 Å². The Kier molecular flexibility index (Phi) is 4.65. The molecule has 0 unspecified atom stereocenters. The lowest BCUT2D eigenvalue weighted by atomic mass is 10.1. The third-order valence-corrected chi connectivity index (χ3v) is 5.22. The lowest BCUT2D eigenvalue weighted by Crippen LogP contribution is -2.37. The van der Waals surface area contributed by atoms with Crippen LogP contribution in [0.3, 0.4) is 0 Å². The van der Waals surface area contributed by atoms with Crippen molar-refractivity contribution in [3.8, 4) is 11.5 Å².